The Morgan fingerprint density at radius 1 is 1.44 bits per heavy atom. The fraction of sp³-hybridized carbons (Fsp3) is 0.667. The second-order valence-electron chi connectivity index (χ2n) is 4.20. The van der Waals surface area contributed by atoms with Crippen molar-refractivity contribution >= 4 is 22.4 Å². The van der Waals surface area contributed by atoms with E-state index in [1.54, 1.807) is 11.3 Å². The molecule has 1 aliphatic heterocycles. The molecule has 0 saturated carbocycles. The third kappa shape index (κ3) is 3.68. The molecule has 18 heavy (non-hydrogen) atoms. The van der Waals surface area contributed by atoms with Crippen LogP contribution in [-0.4, -0.2) is 55.2 Å². The van der Waals surface area contributed by atoms with Crippen LogP contribution >= 0.6 is 11.3 Å². The third-order valence-electron chi connectivity index (χ3n) is 3.00. The first kappa shape index (κ1) is 13.3. The number of carbonyl (C=O) groups is 1. The van der Waals surface area contributed by atoms with Gasteiger partial charge in [0.25, 0.3) is 0 Å². The summed E-state index contributed by atoms with van der Waals surface area (Å²) in [6, 6.07) is 0. The lowest BCUT2D eigenvalue weighted by Crippen LogP contribution is -2.46. The van der Waals surface area contributed by atoms with E-state index in [0.29, 0.717) is 13.0 Å². The maximum atomic E-state index is 11.3. The Labute approximate surface area is 111 Å². The standard InChI is InChI=1S/C12H19N3O2S/c1-2-17-11(16)3-5-14-6-8-15(9-7-14)12-13-4-10-18-12/h4,10H,2-3,5-9H2,1H3. The molecule has 6 heteroatoms. The molecule has 0 aliphatic carbocycles. The van der Waals surface area contributed by atoms with Crippen LogP contribution in [0.4, 0.5) is 5.13 Å². The van der Waals surface area contributed by atoms with E-state index in [1.807, 2.05) is 18.5 Å². The van der Waals surface area contributed by atoms with Gasteiger partial charge in [-0.25, -0.2) is 4.98 Å². The van der Waals surface area contributed by atoms with Crippen LogP contribution in [0.2, 0.25) is 0 Å². The number of hydrogen-bond donors (Lipinski definition) is 0. The third-order valence-corrected chi connectivity index (χ3v) is 3.83. The number of esters is 1. The van der Waals surface area contributed by atoms with Gasteiger partial charge in [0.15, 0.2) is 5.13 Å². The zero-order chi connectivity index (χ0) is 12.8. The Kier molecular flexibility index (Phi) is 4.95. The fourth-order valence-electron chi connectivity index (χ4n) is 2.02. The molecule has 2 rings (SSSR count). The maximum absolute atomic E-state index is 11.3. The minimum Gasteiger partial charge on any atom is -0.466 e. The van der Waals surface area contributed by atoms with Crippen LogP contribution in [0.25, 0.3) is 0 Å². The largest absolute Gasteiger partial charge is 0.466 e. The second-order valence-corrected chi connectivity index (χ2v) is 5.07. The van der Waals surface area contributed by atoms with Crippen molar-refractivity contribution in [2.24, 2.45) is 0 Å². The lowest BCUT2D eigenvalue weighted by molar-refractivity contribution is -0.143. The van der Waals surface area contributed by atoms with Gasteiger partial charge in [0, 0.05) is 44.3 Å². The van der Waals surface area contributed by atoms with Crippen molar-refractivity contribution in [3.8, 4) is 0 Å². The zero-order valence-corrected chi connectivity index (χ0v) is 11.5. The van der Waals surface area contributed by atoms with Crippen LogP contribution in [0, 0.1) is 0 Å². The van der Waals surface area contributed by atoms with Crippen molar-refractivity contribution in [3.05, 3.63) is 11.6 Å². The Bertz CT molecular complexity index is 361. The molecule has 100 valence electrons. The number of nitrogens with zero attached hydrogens (tertiary/aromatic N) is 3. The highest BCUT2D eigenvalue weighted by Crippen LogP contribution is 2.18. The van der Waals surface area contributed by atoms with Crippen molar-refractivity contribution in [2.45, 2.75) is 13.3 Å². The van der Waals surface area contributed by atoms with E-state index < -0.39 is 0 Å². The molecule has 2 heterocycles. The van der Waals surface area contributed by atoms with Crippen LogP contribution in [0.15, 0.2) is 11.6 Å². The van der Waals surface area contributed by atoms with E-state index in [1.165, 1.54) is 0 Å². The first-order valence-corrected chi connectivity index (χ1v) is 7.20. The van der Waals surface area contributed by atoms with Gasteiger partial charge in [0.05, 0.1) is 13.0 Å². The summed E-state index contributed by atoms with van der Waals surface area (Å²) in [5, 5.41) is 3.10. The average Bonchev–Trinajstić information content (AvgIpc) is 2.91. The lowest BCUT2D eigenvalue weighted by Gasteiger charge is -2.34. The Morgan fingerprint density at radius 3 is 2.83 bits per heavy atom. The second kappa shape index (κ2) is 6.70. The van der Waals surface area contributed by atoms with Gasteiger partial charge in [0.2, 0.25) is 0 Å². The van der Waals surface area contributed by atoms with Gasteiger partial charge in [-0.1, -0.05) is 0 Å². The molecular weight excluding hydrogens is 250 g/mol. The van der Waals surface area contributed by atoms with Gasteiger partial charge in [-0.2, -0.15) is 0 Å². The molecule has 5 nitrogen and oxygen atoms in total. The summed E-state index contributed by atoms with van der Waals surface area (Å²) in [6.07, 6.45) is 2.33. The number of anilines is 1. The van der Waals surface area contributed by atoms with Gasteiger partial charge in [0.1, 0.15) is 0 Å². The van der Waals surface area contributed by atoms with Crippen molar-refractivity contribution in [1.82, 2.24) is 9.88 Å². The monoisotopic (exact) mass is 269 g/mol. The van der Waals surface area contributed by atoms with Gasteiger partial charge >= 0.3 is 5.97 Å². The van der Waals surface area contributed by atoms with Crippen LogP contribution in [0.5, 0.6) is 0 Å². The maximum Gasteiger partial charge on any atom is 0.307 e. The van der Waals surface area contributed by atoms with Crippen LogP contribution in [-0.2, 0) is 9.53 Å². The average molecular weight is 269 g/mol. The molecule has 0 radical (unpaired) electrons. The quantitative estimate of drug-likeness (QED) is 0.752. The summed E-state index contributed by atoms with van der Waals surface area (Å²) in [4.78, 5) is 20.2. The zero-order valence-electron chi connectivity index (χ0n) is 10.7. The molecule has 0 spiro atoms. The minimum atomic E-state index is -0.0974. The first-order valence-electron chi connectivity index (χ1n) is 6.32. The van der Waals surface area contributed by atoms with Gasteiger partial charge in [-0.05, 0) is 6.92 Å². The number of ether oxygens (including phenoxy) is 1. The number of carbonyl (C=O) groups excluding carboxylic acids is 1. The van der Waals surface area contributed by atoms with E-state index in [-0.39, 0.29) is 5.97 Å². The molecule has 1 saturated heterocycles. The number of rotatable bonds is 5. The summed E-state index contributed by atoms with van der Waals surface area (Å²) in [6.45, 7) is 7.04. The highest BCUT2D eigenvalue weighted by Gasteiger charge is 2.19. The smallest absolute Gasteiger partial charge is 0.307 e. The van der Waals surface area contributed by atoms with Crippen molar-refractivity contribution in [3.63, 3.8) is 0 Å². The van der Waals surface area contributed by atoms with E-state index in [4.69, 9.17) is 4.74 Å². The Morgan fingerprint density at radius 2 is 2.22 bits per heavy atom. The molecule has 1 aromatic rings. The highest BCUT2D eigenvalue weighted by atomic mass is 32.1. The number of thiazole rings is 1. The van der Waals surface area contributed by atoms with E-state index in [9.17, 15) is 4.79 Å². The summed E-state index contributed by atoms with van der Waals surface area (Å²) >= 11 is 1.68. The molecule has 0 aromatic carbocycles. The molecule has 0 amide bonds. The van der Waals surface area contributed by atoms with E-state index in [0.717, 1.165) is 37.9 Å². The van der Waals surface area contributed by atoms with Crippen molar-refractivity contribution < 1.29 is 9.53 Å². The van der Waals surface area contributed by atoms with Crippen LogP contribution < -0.4 is 4.90 Å². The Hall–Kier alpha value is -1.14. The molecule has 1 aromatic heterocycles. The molecular formula is C12H19N3O2S. The number of piperazine rings is 1. The molecule has 0 atom stereocenters. The molecule has 0 unspecified atom stereocenters. The SMILES string of the molecule is CCOC(=O)CCN1CCN(c2nccs2)CC1. The van der Waals surface area contributed by atoms with Crippen LogP contribution in [0.1, 0.15) is 13.3 Å². The summed E-state index contributed by atoms with van der Waals surface area (Å²) in [7, 11) is 0. The molecule has 0 N–H and O–H groups in total. The normalized spacial score (nSPS) is 16.8. The molecule has 1 fully saturated rings. The van der Waals surface area contributed by atoms with Gasteiger partial charge in [-0.3, -0.25) is 9.69 Å². The molecule has 0 bridgehead atoms. The van der Waals surface area contributed by atoms with E-state index in [2.05, 4.69) is 14.8 Å². The topological polar surface area (TPSA) is 45.7 Å². The summed E-state index contributed by atoms with van der Waals surface area (Å²) in [5.74, 6) is -0.0974. The summed E-state index contributed by atoms with van der Waals surface area (Å²) < 4.78 is 4.93. The van der Waals surface area contributed by atoms with Crippen molar-refractivity contribution in [1.29, 1.82) is 0 Å². The highest BCUT2D eigenvalue weighted by molar-refractivity contribution is 7.13. The number of aromatic nitrogens is 1. The van der Waals surface area contributed by atoms with Gasteiger partial charge < -0.3 is 9.64 Å². The van der Waals surface area contributed by atoms with E-state index >= 15 is 0 Å². The predicted molar refractivity (Wildman–Crippen MR) is 72.0 cm³/mol. The van der Waals surface area contributed by atoms with Crippen LogP contribution in [0.3, 0.4) is 0 Å². The first-order chi connectivity index (χ1) is 8.79. The van der Waals surface area contributed by atoms with Gasteiger partial charge in [-0.15, -0.1) is 11.3 Å². The summed E-state index contributed by atoms with van der Waals surface area (Å²) in [5.41, 5.74) is 0. The molecule has 1 aliphatic rings. The Balaban J connectivity index is 1.69. The predicted octanol–water partition coefficient (Wildman–Crippen LogP) is 1.22. The lowest BCUT2D eigenvalue weighted by atomic mass is 10.3. The fourth-order valence-corrected chi connectivity index (χ4v) is 2.71. The minimum absolute atomic E-state index is 0.0974. The number of hydrogen-bond acceptors (Lipinski definition) is 6. The van der Waals surface area contributed by atoms with Crippen molar-refractivity contribution in [2.75, 3.05) is 44.2 Å².